The smallest absolute Gasteiger partial charge is 0.341 e. The number of carboxylic acid groups (broad SMARTS) is 1. The number of hydrogen-bond acceptors (Lipinski definition) is 7. The number of aromatic nitrogens is 1. The van der Waals surface area contributed by atoms with Crippen molar-refractivity contribution >= 4 is 31.9 Å². The molecule has 0 saturated heterocycles. The summed E-state index contributed by atoms with van der Waals surface area (Å²) < 4.78 is 40.5. The minimum atomic E-state index is -3.94. The Morgan fingerprint density at radius 1 is 1.26 bits per heavy atom. The number of nitriles is 1. The molecule has 0 radical (unpaired) electrons. The Morgan fingerprint density at radius 2 is 2.06 bits per heavy atom. The molecular weight excluding hydrogens is 538 g/mol. The molecule has 9 nitrogen and oxygen atoms in total. The second-order valence-electron chi connectivity index (χ2n) is 7.77. The molecule has 3 aromatic rings. The molecule has 0 bridgehead atoms. The van der Waals surface area contributed by atoms with Crippen molar-refractivity contribution < 1.29 is 27.8 Å². The second kappa shape index (κ2) is 10.4. The van der Waals surface area contributed by atoms with Gasteiger partial charge in [0.1, 0.15) is 16.4 Å². The van der Waals surface area contributed by atoms with Crippen LogP contribution in [0.3, 0.4) is 0 Å². The fourth-order valence-electron chi connectivity index (χ4n) is 3.84. The number of halogens is 1. The second-order valence-corrected chi connectivity index (χ2v) is 10.3. The average molecular weight is 558 g/mol. The van der Waals surface area contributed by atoms with Crippen LogP contribution in [0.4, 0.5) is 0 Å². The molecule has 1 aliphatic rings. The van der Waals surface area contributed by atoms with Crippen LogP contribution in [-0.4, -0.2) is 31.1 Å². The fourth-order valence-corrected chi connectivity index (χ4v) is 5.64. The quantitative estimate of drug-likeness (QED) is 0.417. The molecule has 2 N–H and O–H groups in total. The van der Waals surface area contributed by atoms with E-state index in [1.807, 2.05) is 12.1 Å². The topological polar surface area (TPSA) is 139 Å². The lowest BCUT2D eigenvalue weighted by molar-refractivity contribution is -0.139. The number of benzene rings is 2. The van der Waals surface area contributed by atoms with E-state index in [2.05, 4.69) is 25.6 Å². The van der Waals surface area contributed by atoms with E-state index < -0.39 is 28.6 Å². The molecule has 35 heavy (non-hydrogen) atoms. The van der Waals surface area contributed by atoms with Crippen LogP contribution >= 0.6 is 15.9 Å². The lowest BCUT2D eigenvalue weighted by atomic mass is 9.87. The van der Waals surface area contributed by atoms with Crippen molar-refractivity contribution in [2.45, 2.75) is 30.2 Å². The first kappa shape index (κ1) is 24.7. The Bertz CT molecular complexity index is 1420. The summed E-state index contributed by atoms with van der Waals surface area (Å²) in [6, 6.07) is 14.7. The molecule has 1 aromatic heterocycles. The van der Waals surface area contributed by atoms with Crippen molar-refractivity contribution in [1.29, 1.82) is 5.26 Å². The zero-order valence-corrected chi connectivity index (χ0v) is 20.7. The Kier molecular flexibility index (Phi) is 7.35. The Morgan fingerprint density at radius 3 is 2.80 bits per heavy atom. The molecule has 1 atom stereocenters. The van der Waals surface area contributed by atoms with E-state index in [9.17, 15) is 13.2 Å². The Labute approximate surface area is 210 Å². The number of carboxylic acids is 1. The molecule has 0 spiro atoms. The normalized spacial score (nSPS) is 15.0. The van der Waals surface area contributed by atoms with E-state index in [4.69, 9.17) is 19.8 Å². The van der Waals surface area contributed by atoms with Crippen LogP contribution < -0.4 is 14.2 Å². The van der Waals surface area contributed by atoms with Crippen LogP contribution in [0.2, 0.25) is 0 Å². The average Bonchev–Trinajstić information content (AvgIpc) is 2.84. The van der Waals surface area contributed by atoms with E-state index in [1.165, 1.54) is 12.3 Å². The molecule has 2 aromatic carbocycles. The zero-order valence-electron chi connectivity index (χ0n) is 18.3. The van der Waals surface area contributed by atoms with Gasteiger partial charge in [-0.3, -0.25) is 0 Å². The van der Waals surface area contributed by atoms with Crippen molar-refractivity contribution in [1.82, 2.24) is 9.71 Å². The van der Waals surface area contributed by atoms with Crippen LogP contribution in [0.1, 0.15) is 35.6 Å². The van der Waals surface area contributed by atoms with Gasteiger partial charge in [-0.15, -0.1) is 0 Å². The summed E-state index contributed by atoms with van der Waals surface area (Å²) in [7, 11) is -3.94. The van der Waals surface area contributed by atoms with Gasteiger partial charge in [-0.25, -0.2) is 22.9 Å². The van der Waals surface area contributed by atoms with Crippen LogP contribution in [0.15, 0.2) is 64.1 Å². The van der Waals surface area contributed by atoms with Crippen molar-refractivity contribution in [2.24, 2.45) is 0 Å². The van der Waals surface area contributed by atoms with E-state index >= 15 is 0 Å². The lowest BCUT2D eigenvalue weighted by Gasteiger charge is -2.27. The standard InChI is InChI=1S/C24H20BrN3O6S/c25-20-11-17(13-27-24(20)34-16-5-1-4-15(10-16)12-26)35(31,32)28-21-8-2-7-19-18(21)6-3-9-22(19)33-14-23(29)30/h1,3-6,9-11,13,21,28H,2,7-8,14H2,(H,29,30). The summed E-state index contributed by atoms with van der Waals surface area (Å²) in [4.78, 5) is 15.0. The molecule has 1 aliphatic carbocycles. The largest absolute Gasteiger partial charge is 0.482 e. The molecule has 0 fully saturated rings. The first-order valence-corrected chi connectivity index (χ1v) is 12.9. The summed E-state index contributed by atoms with van der Waals surface area (Å²) >= 11 is 3.31. The minimum Gasteiger partial charge on any atom is -0.482 e. The zero-order chi connectivity index (χ0) is 25.0. The highest BCUT2D eigenvalue weighted by atomic mass is 79.9. The van der Waals surface area contributed by atoms with Crippen molar-refractivity contribution in [3.05, 3.63) is 75.9 Å². The number of carbonyl (C=O) groups is 1. The number of fused-ring (bicyclic) bond motifs is 1. The molecular formula is C24H20BrN3O6S. The van der Waals surface area contributed by atoms with Crippen LogP contribution in [0.5, 0.6) is 17.4 Å². The highest BCUT2D eigenvalue weighted by molar-refractivity contribution is 9.10. The Hall–Kier alpha value is -3.46. The summed E-state index contributed by atoms with van der Waals surface area (Å²) in [6.45, 7) is -0.470. The third-order valence-corrected chi connectivity index (χ3v) is 7.39. The van der Waals surface area contributed by atoms with Gasteiger partial charge in [0.25, 0.3) is 0 Å². The molecule has 1 unspecified atom stereocenters. The van der Waals surface area contributed by atoms with Gasteiger partial charge in [-0.1, -0.05) is 18.2 Å². The van der Waals surface area contributed by atoms with E-state index in [0.29, 0.717) is 40.8 Å². The summed E-state index contributed by atoms with van der Waals surface area (Å²) in [5.41, 5.74) is 1.98. The van der Waals surface area contributed by atoms with Crippen LogP contribution in [-0.2, 0) is 21.2 Å². The van der Waals surface area contributed by atoms with Gasteiger partial charge in [0.15, 0.2) is 6.61 Å². The highest BCUT2D eigenvalue weighted by Gasteiger charge is 2.28. The first-order valence-electron chi connectivity index (χ1n) is 10.6. The van der Waals surface area contributed by atoms with E-state index in [0.717, 1.165) is 11.1 Å². The SMILES string of the molecule is N#Cc1cccc(Oc2ncc(S(=O)(=O)NC3CCCc4c(OCC(=O)O)cccc43)cc2Br)c1. The minimum absolute atomic E-state index is 0.0482. The number of pyridine rings is 1. The summed E-state index contributed by atoms with van der Waals surface area (Å²) in [6.07, 6.45) is 3.16. The maximum Gasteiger partial charge on any atom is 0.341 e. The predicted octanol–water partition coefficient (Wildman–Crippen LogP) is 4.33. The maximum absolute atomic E-state index is 13.2. The molecule has 1 heterocycles. The number of nitrogens with one attached hydrogen (secondary N) is 1. The van der Waals surface area contributed by atoms with Crippen molar-refractivity contribution in [2.75, 3.05) is 6.61 Å². The fraction of sp³-hybridized carbons (Fsp3) is 0.208. The van der Waals surface area contributed by atoms with Crippen molar-refractivity contribution in [3.63, 3.8) is 0 Å². The number of sulfonamides is 1. The summed E-state index contributed by atoms with van der Waals surface area (Å²) in [5, 5.41) is 17.9. The molecule has 11 heteroatoms. The van der Waals surface area contributed by atoms with Gasteiger partial charge in [0.2, 0.25) is 15.9 Å². The number of nitrogens with zero attached hydrogens (tertiary/aromatic N) is 2. The van der Waals surface area contributed by atoms with E-state index in [1.54, 1.807) is 36.4 Å². The van der Waals surface area contributed by atoms with Gasteiger partial charge in [-0.2, -0.15) is 5.26 Å². The number of aliphatic carboxylic acids is 1. The number of rotatable bonds is 8. The van der Waals surface area contributed by atoms with Crippen LogP contribution in [0.25, 0.3) is 0 Å². The lowest BCUT2D eigenvalue weighted by Crippen LogP contribution is -2.31. The third kappa shape index (κ3) is 5.79. The predicted molar refractivity (Wildman–Crippen MR) is 129 cm³/mol. The van der Waals surface area contributed by atoms with Gasteiger partial charge in [0.05, 0.1) is 22.3 Å². The van der Waals surface area contributed by atoms with Crippen LogP contribution in [0, 0.1) is 11.3 Å². The molecule has 0 saturated carbocycles. The third-order valence-electron chi connectivity index (χ3n) is 5.38. The van der Waals surface area contributed by atoms with Crippen molar-refractivity contribution in [3.8, 4) is 23.4 Å². The number of ether oxygens (including phenoxy) is 2. The highest BCUT2D eigenvalue weighted by Crippen LogP contribution is 2.37. The molecule has 4 rings (SSSR count). The number of hydrogen-bond donors (Lipinski definition) is 2. The molecule has 0 amide bonds. The van der Waals surface area contributed by atoms with Gasteiger partial charge >= 0.3 is 5.97 Å². The van der Waals surface area contributed by atoms with E-state index in [-0.39, 0.29) is 10.8 Å². The van der Waals surface area contributed by atoms with Gasteiger partial charge in [0, 0.05) is 6.04 Å². The summed E-state index contributed by atoms with van der Waals surface area (Å²) in [5.74, 6) is -0.0906. The molecule has 0 aliphatic heterocycles. The Balaban J connectivity index is 1.54. The van der Waals surface area contributed by atoms with Gasteiger partial charge in [-0.05, 0) is 76.7 Å². The maximum atomic E-state index is 13.2. The molecule has 180 valence electrons. The van der Waals surface area contributed by atoms with Gasteiger partial charge < -0.3 is 14.6 Å². The first-order chi connectivity index (χ1) is 16.8. The monoisotopic (exact) mass is 557 g/mol.